The van der Waals surface area contributed by atoms with Gasteiger partial charge in [-0.15, -0.1) is 0 Å². The van der Waals surface area contributed by atoms with Gasteiger partial charge in [0.1, 0.15) is 11.2 Å². The maximum Gasteiger partial charge on any atom is 0.303 e. The van der Waals surface area contributed by atoms with Gasteiger partial charge in [0.2, 0.25) is 11.8 Å². The number of nitrogens with one attached hydrogen (secondary N) is 3. The molecule has 3 N–H and O–H groups in total. The van der Waals surface area contributed by atoms with E-state index in [1.165, 1.54) is 7.05 Å². The van der Waals surface area contributed by atoms with Crippen LogP contribution in [0.1, 0.15) is 73.9 Å². The lowest BCUT2D eigenvalue weighted by Crippen LogP contribution is -2.68. The first-order valence-corrected chi connectivity index (χ1v) is 14.6. The molecule has 12 heteroatoms. The molecule has 3 amide bonds. The molecule has 0 bridgehead atoms. The number of hydrogen-bond acceptors (Lipinski definition) is 5. The monoisotopic (exact) mass is 580 g/mol. The third-order valence-electron chi connectivity index (χ3n) is 6.80. The van der Waals surface area contributed by atoms with Crippen LogP contribution in [0.2, 0.25) is 5.02 Å². The number of amides is 3. The van der Waals surface area contributed by atoms with Gasteiger partial charge in [-0.05, 0) is 35.6 Å². The van der Waals surface area contributed by atoms with Crippen LogP contribution < -0.4 is 15.4 Å². The molecule has 0 aliphatic carbocycles. The Labute approximate surface area is 233 Å². The molecule has 212 valence electrons. The van der Waals surface area contributed by atoms with Crippen molar-refractivity contribution in [2.45, 2.75) is 57.8 Å². The fourth-order valence-electron chi connectivity index (χ4n) is 4.61. The summed E-state index contributed by atoms with van der Waals surface area (Å²) in [5.74, 6) is -2.65. The first-order chi connectivity index (χ1) is 18.4. The average Bonchev–Trinajstić information content (AvgIpc) is 2.85. The Morgan fingerprint density at radius 3 is 2.41 bits per heavy atom. The highest BCUT2D eigenvalue weighted by Crippen LogP contribution is 2.41. The molecule has 2 aromatic carbocycles. The number of rotatable bonds is 11. The molecular formula is C27H34ClFN4O5S. The Morgan fingerprint density at radius 2 is 1.79 bits per heavy atom. The van der Waals surface area contributed by atoms with Crippen molar-refractivity contribution in [1.29, 1.82) is 0 Å². The summed E-state index contributed by atoms with van der Waals surface area (Å²) in [4.78, 5) is 38.6. The summed E-state index contributed by atoms with van der Waals surface area (Å²) in [5, 5.41) is 4.78. The zero-order valence-corrected chi connectivity index (χ0v) is 24.0. The molecule has 1 fully saturated rings. The van der Waals surface area contributed by atoms with E-state index in [0.29, 0.717) is 12.0 Å². The van der Waals surface area contributed by atoms with Gasteiger partial charge in [0.25, 0.3) is 5.91 Å². The molecule has 0 atom stereocenters. The number of benzene rings is 2. The number of anilines is 1. The Bertz CT molecular complexity index is 1360. The highest BCUT2D eigenvalue weighted by Gasteiger charge is 2.55. The van der Waals surface area contributed by atoms with Crippen molar-refractivity contribution in [3.05, 3.63) is 63.9 Å². The Balaban J connectivity index is 1.98. The Kier molecular flexibility index (Phi) is 9.74. The van der Waals surface area contributed by atoms with Gasteiger partial charge < -0.3 is 10.6 Å². The number of hydrogen-bond donors (Lipinski definition) is 3. The molecule has 1 saturated heterocycles. The molecule has 1 aliphatic rings. The highest BCUT2D eigenvalue weighted by atomic mass is 35.5. The summed E-state index contributed by atoms with van der Waals surface area (Å²) in [7, 11) is -2.82. The van der Waals surface area contributed by atoms with E-state index in [4.69, 9.17) is 11.6 Å². The van der Waals surface area contributed by atoms with Gasteiger partial charge in [0.15, 0.2) is 0 Å². The first kappa shape index (κ1) is 30.5. The maximum atomic E-state index is 14.4. The molecule has 3 rings (SSSR count). The summed E-state index contributed by atoms with van der Waals surface area (Å²) in [6.07, 6.45) is 2.33. The molecular weight excluding hydrogens is 547 g/mol. The molecule has 0 unspecified atom stereocenters. The fraction of sp³-hybridized carbons (Fsp3) is 0.444. The molecule has 9 nitrogen and oxygen atoms in total. The van der Waals surface area contributed by atoms with Crippen molar-refractivity contribution in [2.24, 2.45) is 0 Å². The van der Waals surface area contributed by atoms with Gasteiger partial charge in [-0.2, -0.15) is 12.7 Å². The highest BCUT2D eigenvalue weighted by molar-refractivity contribution is 7.87. The van der Waals surface area contributed by atoms with E-state index in [0.717, 1.165) is 34.8 Å². The van der Waals surface area contributed by atoms with Crippen molar-refractivity contribution in [1.82, 2.24) is 14.3 Å². The predicted octanol–water partition coefficient (Wildman–Crippen LogP) is 4.10. The Hall–Kier alpha value is -3.02. The van der Waals surface area contributed by atoms with E-state index in [2.05, 4.69) is 15.4 Å². The molecule has 0 radical (unpaired) electrons. The molecule has 0 spiro atoms. The van der Waals surface area contributed by atoms with Gasteiger partial charge in [0, 0.05) is 26.6 Å². The van der Waals surface area contributed by atoms with Crippen LogP contribution in [-0.4, -0.2) is 50.6 Å². The summed E-state index contributed by atoms with van der Waals surface area (Å²) in [6, 6.07) is 9.26. The largest absolute Gasteiger partial charge is 0.355 e. The number of halogens is 2. The number of nitrogens with zero attached hydrogens (tertiary/aromatic N) is 1. The van der Waals surface area contributed by atoms with Crippen LogP contribution in [0.25, 0.3) is 0 Å². The van der Waals surface area contributed by atoms with Crippen LogP contribution in [0.5, 0.6) is 0 Å². The zero-order valence-electron chi connectivity index (χ0n) is 22.4. The van der Waals surface area contributed by atoms with Crippen LogP contribution in [0.15, 0.2) is 36.4 Å². The number of carbonyl (C=O) groups is 3. The van der Waals surface area contributed by atoms with Gasteiger partial charge in [-0.3, -0.25) is 14.4 Å². The second-order valence-corrected chi connectivity index (χ2v) is 12.0. The second kappa shape index (κ2) is 12.4. The molecule has 1 aliphatic heterocycles. The normalized spacial score (nSPS) is 14.9. The van der Waals surface area contributed by atoms with E-state index >= 15 is 0 Å². The van der Waals surface area contributed by atoms with Crippen LogP contribution in [0.3, 0.4) is 0 Å². The van der Waals surface area contributed by atoms with E-state index in [1.807, 2.05) is 32.9 Å². The standard InChI is InChI=1S/C27H34ClFN4O5S/c1-5-6-7-12-24(34)32-39(37,38)33-15-27(16-33,20-11-9-8-10-18(20)17(2)3)26(36)31-23-14-22(29)21(28)13-19(23)25(35)30-4/h8-11,13-14,17H,5-7,12,15-16H2,1-4H3,(H,30,35)(H,31,36)(H,32,34). The fourth-order valence-corrected chi connectivity index (χ4v) is 6.07. The minimum absolute atomic E-state index is 0.00390. The lowest BCUT2D eigenvalue weighted by molar-refractivity contribution is -0.125. The van der Waals surface area contributed by atoms with Crippen LogP contribution in [-0.2, 0) is 25.2 Å². The predicted molar refractivity (Wildman–Crippen MR) is 148 cm³/mol. The van der Waals surface area contributed by atoms with E-state index in [9.17, 15) is 27.2 Å². The van der Waals surface area contributed by atoms with Crippen molar-refractivity contribution in [3.8, 4) is 0 Å². The minimum atomic E-state index is -4.20. The quantitative estimate of drug-likeness (QED) is 0.345. The molecule has 0 saturated carbocycles. The lowest BCUT2D eigenvalue weighted by atomic mass is 9.71. The Morgan fingerprint density at radius 1 is 1.13 bits per heavy atom. The molecule has 39 heavy (non-hydrogen) atoms. The molecule has 2 aromatic rings. The van der Waals surface area contributed by atoms with E-state index in [1.54, 1.807) is 12.1 Å². The van der Waals surface area contributed by atoms with E-state index < -0.39 is 39.2 Å². The zero-order chi connectivity index (χ0) is 29.0. The van der Waals surface area contributed by atoms with Crippen molar-refractivity contribution >= 4 is 45.2 Å². The maximum absolute atomic E-state index is 14.4. The summed E-state index contributed by atoms with van der Waals surface area (Å²) >= 11 is 5.88. The van der Waals surface area contributed by atoms with Crippen LogP contribution in [0.4, 0.5) is 10.1 Å². The second-order valence-electron chi connectivity index (χ2n) is 9.92. The van der Waals surface area contributed by atoms with Gasteiger partial charge in [0.05, 0.1) is 16.3 Å². The summed E-state index contributed by atoms with van der Waals surface area (Å²) in [5.41, 5.74) is -0.0751. The van der Waals surface area contributed by atoms with Gasteiger partial charge in [-0.25, -0.2) is 9.11 Å². The molecule has 0 aromatic heterocycles. The van der Waals surface area contributed by atoms with Gasteiger partial charge >= 0.3 is 10.2 Å². The van der Waals surface area contributed by atoms with Gasteiger partial charge in [-0.1, -0.05) is 69.5 Å². The summed E-state index contributed by atoms with van der Waals surface area (Å²) in [6.45, 7) is 5.36. The third-order valence-corrected chi connectivity index (χ3v) is 8.51. The van der Waals surface area contributed by atoms with Crippen molar-refractivity contribution in [2.75, 3.05) is 25.5 Å². The smallest absolute Gasteiger partial charge is 0.303 e. The van der Waals surface area contributed by atoms with Crippen LogP contribution >= 0.6 is 11.6 Å². The minimum Gasteiger partial charge on any atom is -0.355 e. The average molecular weight is 581 g/mol. The van der Waals surface area contributed by atoms with Crippen LogP contribution in [0, 0.1) is 5.82 Å². The van der Waals surface area contributed by atoms with Crippen molar-refractivity contribution < 1.29 is 27.2 Å². The molecule has 1 heterocycles. The topological polar surface area (TPSA) is 125 Å². The first-order valence-electron chi connectivity index (χ1n) is 12.8. The third kappa shape index (κ3) is 6.59. The van der Waals surface area contributed by atoms with E-state index in [-0.39, 0.29) is 41.7 Å². The SMILES string of the molecule is CCCCCC(=O)NS(=O)(=O)N1CC(C(=O)Nc2cc(F)c(Cl)cc2C(=O)NC)(c2ccccc2C(C)C)C1. The van der Waals surface area contributed by atoms with Crippen molar-refractivity contribution in [3.63, 3.8) is 0 Å². The number of carbonyl (C=O) groups excluding carboxylic acids is 3. The lowest BCUT2D eigenvalue weighted by Gasteiger charge is -2.48. The summed E-state index contributed by atoms with van der Waals surface area (Å²) < 4.78 is 43.5. The number of unbranched alkanes of at least 4 members (excludes halogenated alkanes) is 2.